The molecule has 0 fully saturated rings. The van der Waals surface area contributed by atoms with Crippen molar-refractivity contribution in [3.05, 3.63) is 74.5 Å². The number of aromatic amines is 1. The first kappa shape index (κ1) is 25.1. The number of hydrogen-bond donors (Lipinski definition) is 4. The number of nitrogens with one attached hydrogen (secondary N) is 3. The van der Waals surface area contributed by atoms with E-state index in [1.165, 1.54) is 0 Å². The van der Waals surface area contributed by atoms with Crippen LogP contribution in [0.4, 0.5) is 30.4 Å². The van der Waals surface area contributed by atoms with Gasteiger partial charge in [-0.1, -0.05) is 29.4 Å². The van der Waals surface area contributed by atoms with Crippen molar-refractivity contribution in [2.24, 2.45) is 0 Å². The number of anilines is 3. The van der Waals surface area contributed by atoms with Gasteiger partial charge in [-0.2, -0.15) is 13.2 Å². The summed E-state index contributed by atoms with van der Waals surface area (Å²) < 4.78 is 38.0. The molecule has 0 spiro atoms. The van der Waals surface area contributed by atoms with Crippen molar-refractivity contribution >= 4 is 52.4 Å². The lowest BCUT2D eigenvalue weighted by Gasteiger charge is -2.10. The molecule has 0 radical (unpaired) electrons. The number of halogens is 4. The Bertz CT molecular complexity index is 1300. The average molecular weight is 512 g/mol. The first-order valence-electron chi connectivity index (χ1n) is 9.51. The van der Waals surface area contributed by atoms with Crippen molar-refractivity contribution in [1.82, 2.24) is 9.97 Å². The number of aromatic nitrogens is 2. The third-order valence-electron chi connectivity index (χ3n) is 4.43. The van der Waals surface area contributed by atoms with Crippen LogP contribution in [0.5, 0.6) is 0 Å². The number of nitrogens with zero attached hydrogens (tertiary/aromatic N) is 1. The first-order chi connectivity index (χ1) is 15.9. The van der Waals surface area contributed by atoms with Crippen LogP contribution in [0.25, 0.3) is 0 Å². The highest BCUT2D eigenvalue weighted by Crippen LogP contribution is 2.29. The van der Waals surface area contributed by atoms with E-state index < -0.39 is 23.2 Å². The van der Waals surface area contributed by atoms with Crippen molar-refractivity contribution in [3.8, 4) is 0 Å². The van der Waals surface area contributed by atoms with Crippen molar-refractivity contribution in [2.75, 3.05) is 22.1 Å². The standard InChI is InChI=1S/C21H17ClF3N5O3S/c1-10-2-7-13(8-14(10)22)27-15(31)9-34-20-29-17(26)16(19(33)30-20)28-18(32)11-3-5-12(6-4-11)21(23,24)25/h2-8H,9H2,1H3,(H,27,31)(H,28,32)(H3,26,29,30,33). The van der Waals surface area contributed by atoms with E-state index >= 15 is 0 Å². The number of H-pyrrole nitrogens is 1. The van der Waals surface area contributed by atoms with Crippen LogP contribution in [0.1, 0.15) is 21.5 Å². The van der Waals surface area contributed by atoms with Crippen LogP contribution in [0.2, 0.25) is 5.02 Å². The molecule has 3 rings (SSSR count). The van der Waals surface area contributed by atoms with E-state index in [-0.39, 0.29) is 33.9 Å². The summed E-state index contributed by atoms with van der Waals surface area (Å²) in [5.41, 5.74) is 4.94. The molecule has 0 saturated carbocycles. The summed E-state index contributed by atoms with van der Waals surface area (Å²) in [5.74, 6) is -1.65. The molecule has 1 heterocycles. The normalized spacial score (nSPS) is 11.2. The molecule has 34 heavy (non-hydrogen) atoms. The van der Waals surface area contributed by atoms with E-state index in [1.807, 2.05) is 6.92 Å². The van der Waals surface area contributed by atoms with Gasteiger partial charge in [0.2, 0.25) is 5.91 Å². The molecule has 2 amide bonds. The molecule has 0 unspecified atom stereocenters. The Kier molecular flexibility index (Phi) is 7.52. The molecule has 13 heteroatoms. The Morgan fingerprint density at radius 1 is 1.15 bits per heavy atom. The average Bonchev–Trinajstić information content (AvgIpc) is 2.76. The van der Waals surface area contributed by atoms with Gasteiger partial charge in [0, 0.05) is 16.3 Å². The Labute approximate surface area is 200 Å². The van der Waals surface area contributed by atoms with Gasteiger partial charge in [-0.3, -0.25) is 19.4 Å². The number of thioether (sulfide) groups is 1. The number of rotatable bonds is 6. The monoisotopic (exact) mass is 511 g/mol. The Hall–Kier alpha value is -3.51. The number of amides is 2. The van der Waals surface area contributed by atoms with E-state index in [1.54, 1.807) is 18.2 Å². The summed E-state index contributed by atoms with van der Waals surface area (Å²) in [6.45, 7) is 1.83. The molecule has 0 atom stereocenters. The lowest BCUT2D eigenvalue weighted by Crippen LogP contribution is -2.23. The molecule has 3 aromatic rings. The first-order valence-corrected chi connectivity index (χ1v) is 10.9. The molecule has 2 aromatic carbocycles. The lowest BCUT2D eigenvalue weighted by molar-refractivity contribution is -0.137. The van der Waals surface area contributed by atoms with Crippen LogP contribution < -0.4 is 21.9 Å². The minimum Gasteiger partial charge on any atom is -0.382 e. The zero-order valence-corrected chi connectivity index (χ0v) is 19.0. The van der Waals surface area contributed by atoms with E-state index in [0.29, 0.717) is 10.7 Å². The minimum absolute atomic E-state index is 0.0344. The van der Waals surface area contributed by atoms with Gasteiger partial charge in [0.25, 0.3) is 11.5 Å². The zero-order valence-electron chi connectivity index (χ0n) is 17.4. The number of alkyl halides is 3. The van der Waals surface area contributed by atoms with Gasteiger partial charge in [0.1, 0.15) is 5.69 Å². The van der Waals surface area contributed by atoms with Gasteiger partial charge >= 0.3 is 6.18 Å². The molecule has 178 valence electrons. The highest BCUT2D eigenvalue weighted by atomic mass is 35.5. The van der Waals surface area contributed by atoms with E-state index in [0.717, 1.165) is 41.6 Å². The maximum Gasteiger partial charge on any atom is 0.416 e. The van der Waals surface area contributed by atoms with Gasteiger partial charge < -0.3 is 16.4 Å². The number of benzene rings is 2. The number of carbonyl (C=O) groups is 2. The van der Waals surface area contributed by atoms with Crippen LogP contribution in [0.3, 0.4) is 0 Å². The molecule has 0 aliphatic rings. The van der Waals surface area contributed by atoms with Crippen LogP contribution in [0, 0.1) is 6.92 Å². The summed E-state index contributed by atoms with van der Waals surface area (Å²) in [5, 5.41) is 5.42. The maximum atomic E-state index is 12.7. The van der Waals surface area contributed by atoms with Crippen LogP contribution >= 0.6 is 23.4 Å². The van der Waals surface area contributed by atoms with Crippen molar-refractivity contribution in [3.63, 3.8) is 0 Å². The van der Waals surface area contributed by atoms with Crippen LogP contribution in [-0.4, -0.2) is 27.5 Å². The van der Waals surface area contributed by atoms with Gasteiger partial charge in [-0.15, -0.1) is 0 Å². The summed E-state index contributed by atoms with van der Waals surface area (Å²) in [6, 6.07) is 8.48. The second kappa shape index (κ2) is 10.2. The van der Waals surface area contributed by atoms with Crippen LogP contribution in [0.15, 0.2) is 52.4 Å². The largest absolute Gasteiger partial charge is 0.416 e. The summed E-state index contributed by atoms with van der Waals surface area (Å²) in [4.78, 5) is 43.1. The fourth-order valence-electron chi connectivity index (χ4n) is 2.66. The minimum atomic E-state index is -4.54. The molecule has 8 nitrogen and oxygen atoms in total. The fourth-order valence-corrected chi connectivity index (χ4v) is 3.50. The smallest absolute Gasteiger partial charge is 0.382 e. The molecular formula is C21H17ClF3N5O3S. The molecule has 0 saturated heterocycles. The number of carbonyl (C=O) groups excluding carboxylic acids is 2. The topological polar surface area (TPSA) is 130 Å². The van der Waals surface area contributed by atoms with Crippen molar-refractivity contribution in [2.45, 2.75) is 18.3 Å². The SMILES string of the molecule is Cc1ccc(NC(=O)CSc2nc(N)c(NC(=O)c3ccc(C(F)(F)F)cc3)c(=O)[nH]2)cc1Cl. The third kappa shape index (κ3) is 6.29. The Morgan fingerprint density at radius 3 is 2.41 bits per heavy atom. The lowest BCUT2D eigenvalue weighted by atomic mass is 10.1. The van der Waals surface area contributed by atoms with E-state index in [2.05, 4.69) is 20.6 Å². The summed E-state index contributed by atoms with van der Waals surface area (Å²) >= 11 is 6.93. The third-order valence-corrected chi connectivity index (χ3v) is 5.71. The number of nitrogens with two attached hydrogens (primary N) is 1. The van der Waals surface area contributed by atoms with E-state index in [4.69, 9.17) is 17.3 Å². The summed E-state index contributed by atoms with van der Waals surface area (Å²) in [6.07, 6.45) is -4.54. The van der Waals surface area contributed by atoms with Gasteiger partial charge in [-0.05, 0) is 48.9 Å². The Balaban J connectivity index is 1.64. The van der Waals surface area contributed by atoms with Gasteiger partial charge in [-0.25, -0.2) is 4.98 Å². The highest BCUT2D eigenvalue weighted by molar-refractivity contribution is 7.99. The second-order valence-electron chi connectivity index (χ2n) is 6.96. The molecular weight excluding hydrogens is 495 g/mol. The molecule has 0 aliphatic carbocycles. The molecule has 5 N–H and O–H groups in total. The van der Waals surface area contributed by atoms with Crippen LogP contribution in [-0.2, 0) is 11.0 Å². The van der Waals surface area contributed by atoms with Gasteiger partial charge in [0.15, 0.2) is 11.0 Å². The zero-order chi connectivity index (χ0) is 25.0. The predicted octanol–water partition coefficient (Wildman–Crippen LogP) is 4.32. The molecule has 0 aliphatic heterocycles. The quantitative estimate of drug-likeness (QED) is 0.288. The Morgan fingerprint density at radius 2 is 1.82 bits per heavy atom. The number of nitrogen functional groups attached to an aromatic ring is 1. The number of aryl methyl sites for hydroxylation is 1. The van der Waals surface area contributed by atoms with Gasteiger partial charge in [0.05, 0.1) is 11.3 Å². The second-order valence-corrected chi connectivity index (χ2v) is 8.33. The molecule has 0 bridgehead atoms. The van der Waals surface area contributed by atoms with Crippen molar-refractivity contribution in [1.29, 1.82) is 0 Å². The van der Waals surface area contributed by atoms with E-state index in [9.17, 15) is 27.6 Å². The highest BCUT2D eigenvalue weighted by Gasteiger charge is 2.30. The number of hydrogen-bond acceptors (Lipinski definition) is 6. The summed E-state index contributed by atoms with van der Waals surface area (Å²) in [7, 11) is 0. The van der Waals surface area contributed by atoms with Crippen molar-refractivity contribution < 1.29 is 22.8 Å². The fraction of sp³-hybridized carbons (Fsp3) is 0.143. The maximum absolute atomic E-state index is 12.7. The molecule has 1 aromatic heterocycles. The predicted molar refractivity (Wildman–Crippen MR) is 124 cm³/mol.